The number of ether oxygens (including phenoxy) is 1. The molecule has 4 heteroatoms. The van der Waals surface area contributed by atoms with Crippen LogP contribution in [-0.2, 0) is 11.2 Å². The van der Waals surface area contributed by atoms with Gasteiger partial charge in [0.15, 0.2) is 0 Å². The molecule has 0 saturated heterocycles. The summed E-state index contributed by atoms with van der Waals surface area (Å²) < 4.78 is 5.30. The molecule has 2 N–H and O–H groups in total. The van der Waals surface area contributed by atoms with E-state index in [-0.39, 0.29) is 6.04 Å². The number of carbonyl (C=O) groups is 1. The summed E-state index contributed by atoms with van der Waals surface area (Å²) in [4.78, 5) is 12.0. The van der Waals surface area contributed by atoms with Crippen LogP contribution in [0.5, 0.6) is 0 Å². The molecule has 1 aromatic carbocycles. The van der Waals surface area contributed by atoms with Gasteiger partial charge in [0.2, 0.25) is 0 Å². The first-order valence-electron chi connectivity index (χ1n) is 8.03. The minimum atomic E-state index is -0.576. The molecule has 0 aliphatic carbocycles. The maximum absolute atomic E-state index is 12.0. The number of aliphatic hydroxyl groups is 1. The van der Waals surface area contributed by atoms with Crippen molar-refractivity contribution in [3.05, 3.63) is 35.9 Å². The summed E-state index contributed by atoms with van der Waals surface area (Å²) in [5, 5.41) is 13.2. The fourth-order valence-electron chi connectivity index (χ4n) is 2.22. The van der Waals surface area contributed by atoms with Crippen molar-refractivity contribution in [3.8, 4) is 0 Å². The topological polar surface area (TPSA) is 58.6 Å². The molecule has 0 bridgehead atoms. The van der Waals surface area contributed by atoms with Gasteiger partial charge in [0.25, 0.3) is 0 Å². The Bertz CT molecular complexity index is 439. The summed E-state index contributed by atoms with van der Waals surface area (Å²) in [5.74, 6) is 0. The van der Waals surface area contributed by atoms with Crippen LogP contribution in [0.4, 0.5) is 4.79 Å². The minimum absolute atomic E-state index is 0.344. The highest BCUT2D eigenvalue weighted by Crippen LogP contribution is 2.13. The average Bonchev–Trinajstić information content (AvgIpc) is 2.43. The minimum Gasteiger partial charge on any atom is -0.444 e. The van der Waals surface area contributed by atoms with Gasteiger partial charge in [-0.05, 0) is 39.2 Å². The largest absolute Gasteiger partial charge is 0.444 e. The Kier molecular flexibility index (Phi) is 7.39. The fraction of sp³-hybridized carbons (Fsp3) is 0.611. The normalized spacial score (nSPS) is 14.2. The van der Waals surface area contributed by atoms with Crippen molar-refractivity contribution in [2.45, 2.75) is 71.1 Å². The van der Waals surface area contributed by atoms with Gasteiger partial charge in [0, 0.05) is 0 Å². The lowest BCUT2D eigenvalue weighted by Crippen LogP contribution is -2.46. The highest BCUT2D eigenvalue weighted by atomic mass is 16.6. The number of benzene rings is 1. The molecule has 0 heterocycles. The molecule has 0 unspecified atom stereocenters. The van der Waals surface area contributed by atoms with Crippen molar-refractivity contribution in [3.63, 3.8) is 0 Å². The quantitative estimate of drug-likeness (QED) is 0.808. The highest BCUT2D eigenvalue weighted by Gasteiger charge is 2.24. The van der Waals surface area contributed by atoms with Gasteiger partial charge in [-0.1, -0.05) is 50.1 Å². The van der Waals surface area contributed by atoms with E-state index in [0.717, 1.165) is 18.4 Å². The number of alkyl carbamates (subject to hydrolysis) is 1. The third kappa shape index (κ3) is 7.46. The van der Waals surface area contributed by atoms with Crippen LogP contribution in [0.1, 0.15) is 52.5 Å². The first kappa shape index (κ1) is 18.5. The molecule has 0 fully saturated rings. The molecule has 1 aromatic rings. The van der Waals surface area contributed by atoms with Gasteiger partial charge in [-0.3, -0.25) is 0 Å². The Hall–Kier alpha value is -1.55. The summed E-state index contributed by atoms with van der Waals surface area (Å²) in [6.07, 6.45) is 2.15. The Labute approximate surface area is 133 Å². The van der Waals surface area contributed by atoms with E-state index < -0.39 is 17.8 Å². The second-order valence-corrected chi connectivity index (χ2v) is 6.65. The van der Waals surface area contributed by atoms with Crippen molar-refractivity contribution >= 4 is 6.09 Å². The first-order chi connectivity index (χ1) is 10.3. The van der Waals surface area contributed by atoms with Gasteiger partial charge in [-0.25, -0.2) is 4.79 Å². The van der Waals surface area contributed by atoms with Crippen LogP contribution >= 0.6 is 0 Å². The van der Waals surface area contributed by atoms with Crippen molar-refractivity contribution in [2.75, 3.05) is 0 Å². The number of hydrogen-bond donors (Lipinski definition) is 2. The van der Waals surface area contributed by atoms with Crippen LogP contribution in [-0.4, -0.2) is 28.9 Å². The van der Waals surface area contributed by atoms with Gasteiger partial charge in [0.05, 0.1) is 12.1 Å². The second kappa shape index (κ2) is 8.79. The van der Waals surface area contributed by atoms with Gasteiger partial charge in [-0.2, -0.15) is 0 Å². The molecule has 22 heavy (non-hydrogen) atoms. The lowest BCUT2D eigenvalue weighted by Gasteiger charge is -2.27. The van der Waals surface area contributed by atoms with E-state index in [9.17, 15) is 9.90 Å². The molecule has 0 spiro atoms. The Morgan fingerprint density at radius 3 is 2.45 bits per heavy atom. The second-order valence-electron chi connectivity index (χ2n) is 6.65. The van der Waals surface area contributed by atoms with Crippen LogP contribution < -0.4 is 5.32 Å². The van der Waals surface area contributed by atoms with E-state index in [0.29, 0.717) is 12.8 Å². The molecule has 0 saturated carbocycles. The Balaban J connectivity index is 2.71. The van der Waals surface area contributed by atoms with Crippen LogP contribution in [0.3, 0.4) is 0 Å². The van der Waals surface area contributed by atoms with Gasteiger partial charge in [-0.15, -0.1) is 0 Å². The summed E-state index contributed by atoms with van der Waals surface area (Å²) in [5.41, 5.74) is 0.537. The summed E-state index contributed by atoms with van der Waals surface area (Å²) in [7, 11) is 0. The van der Waals surface area contributed by atoms with E-state index in [1.807, 2.05) is 51.1 Å². The lowest BCUT2D eigenvalue weighted by atomic mass is 9.98. The molecule has 124 valence electrons. The Morgan fingerprint density at radius 1 is 1.27 bits per heavy atom. The zero-order valence-corrected chi connectivity index (χ0v) is 14.1. The predicted molar refractivity (Wildman–Crippen MR) is 88.8 cm³/mol. The van der Waals surface area contributed by atoms with Crippen LogP contribution in [0.15, 0.2) is 30.3 Å². The number of carbonyl (C=O) groups excluding carboxylic acids is 1. The maximum Gasteiger partial charge on any atom is 0.407 e. The molecule has 0 aliphatic heterocycles. The van der Waals surface area contributed by atoms with Crippen molar-refractivity contribution in [1.82, 2.24) is 5.32 Å². The van der Waals surface area contributed by atoms with Gasteiger partial charge in [0.1, 0.15) is 5.60 Å². The molecule has 2 atom stereocenters. The molecule has 1 rings (SSSR count). The van der Waals surface area contributed by atoms with Crippen molar-refractivity contribution < 1.29 is 14.6 Å². The predicted octanol–water partition coefficient (Wildman–Crippen LogP) is 3.67. The highest BCUT2D eigenvalue weighted by molar-refractivity contribution is 5.68. The molecule has 1 amide bonds. The number of rotatable bonds is 7. The standard InChI is InChI=1S/C18H29NO3/c1-5-6-12-16(20)15(13-14-10-8-7-9-11-14)19-17(21)22-18(2,3)4/h7-11,15-16,20H,5-6,12-13H2,1-4H3,(H,19,21)/t15-,16-/m0/s1. The third-order valence-electron chi connectivity index (χ3n) is 3.32. The van der Waals surface area contributed by atoms with Crippen LogP contribution in [0.2, 0.25) is 0 Å². The SMILES string of the molecule is CCCC[C@H](O)[C@H](Cc1ccccc1)NC(=O)OC(C)(C)C. The molecular formula is C18H29NO3. The molecule has 0 aliphatic rings. The molecule has 0 radical (unpaired) electrons. The van der Waals surface area contributed by atoms with Crippen molar-refractivity contribution in [2.24, 2.45) is 0 Å². The Morgan fingerprint density at radius 2 is 1.91 bits per heavy atom. The summed E-state index contributed by atoms with van der Waals surface area (Å²) in [6, 6.07) is 9.51. The average molecular weight is 307 g/mol. The zero-order chi connectivity index (χ0) is 16.6. The van der Waals surface area contributed by atoms with Gasteiger partial charge < -0.3 is 15.2 Å². The van der Waals surface area contributed by atoms with E-state index in [1.54, 1.807) is 0 Å². The van der Waals surface area contributed by atoms with Crippen LogP contribution in [0.25, 0.3) is 0 Å². The van der Waals surface area contributed by atoms with Gasteiger partial charge >= 0.3 is 6.09 Å². The number of hydrogen-bond acceptors (Lipinski definition) is 3. The fourth-order valence-corrected chi connectivity index (χ4v) is 2.22. The summed E-state index contributed by atoms with van der Waals surface area (Å²) in [6.45, 7) is 7.56. The lowest BCUT2D eigenvalue weighted by molar-refractivity contribution is 0.0411. The van der Waals surface area contributed by atoms with E-state index in [1.165, 1.54) is 0 Å². The molecule has 0 aromatic heterocycles. The zero-order valence-electron chi connectivity index (χ0n) is 14.1. The summed E-state index contributed by atoms with van der Waals surface area (Å²) >= 11 is 0. The van der Waals surface area contributed by atoms with E-state index in [2.05, 4.69) is 12.2 Å². The monoisotopic (exact) mass is 307 g/mol. The maximum atomic E-state index is 12.0. The molecular weight excluding hydrogens is 278 g/mol. The smallest absolute Gasteiger partial charge is 0.407 e. The number of unbranched alkanes of at least 4 members (excludes halogenated alkanes) is 1. The first-order valence-corrected chi connectivity index (χ1v) is 8.03. The van der Waals surface area contributed by atoms with Crippen LogP contribution in [0, 0.1) is 0 Å². The number of aliphatic hydroxyl groups excluding tert-OH is 1. The molecule has 4 nitrogen and oxygen atoms in total. The third-order valence-corrected chi connectivity index (χ3v) is 3.32. The number of amides is 1. The number of nitrogens with one attached hydrogen (secondary N) is 1. The van der Waals surface area contributed by atoms with E-state index >= 15 is 0 Å². The van der Waals surface area contributed by atoms with Crippen molar-refractivity contribution in [1.29, 1.82) is 0 Å². The van der Waals surface area contributed by atoms with E-state index in [4.69, 9.17) is 4.74 Å².